The molecule has 0 radical (unpaired) electrons. The normalized spacial score (nSPS) is 42.1. The molecule has 2 saturated heterocycles. The minimum atomic E-state index is -1.50. The molecule has 0 aromatic heterocycles. The molecule has 7 nitrogen and oxygen atoms in total. The summed E-state index contributed by atoms with van der Waals surface area (Å²) in [6.07, 6.45) is 2.43. The summed E-state index contributed by atoms with van der Waals surface area (Å²) in [4.78, 5) is 24.9. The first-order valence-electron chi connectivity index (χ1n) is 6.99. The highest BCUT2D eigenvalue weighted by Gasteiger charge is 2.96. The number of hydrogen-bond acceptors (Lipinski definition) is 7. The van der Waals surface area contributed by atoms with Gasteiger partial charge in [-0.15, -0.1) is 0 Å². The quantitative estimate of drug-likeness (QED) is 0.544. The van der Waals surface area contributed by atoms with Crippen LogP contribution in [0.2, 0.25) is 0 Å². The molecule has 7 heteroatoms. The van der Waals surface area contributed by atoms with Crippen molar-refractivity contribution in [2.24, 2.45) is 11.8 Å². The lowest BCUT2D eigenvalue weighted by Gasteiger charge is -2.59. The van der Waals surface area contributed by atoms with Gasteiger partial charge < -0.3 is 23.7 Å². The van der Waals surface area contributed by atoms with Crippen molar-refractivity contribution in [1.82, 2.24) is 0 Å². The Kier molecular flexibility index (Phi) is 3.10. The Balaban J connectivity index is 2.19. The van der Waals surface area contributed by atoms with Crippen LogP contribution in [0.25, 0.3) is 0 Å². The summed E-state index contributed by atoms with van der Waals surface area (Å²) in [5.74, 6) is -3.00. The van der Waals surface area contributed by atoms with Crippen LogP contribution in [0.5, 0.6) is 0 Å². The average molecular weight is 300 g/mol. The fraction of sp³-hybridized carbons (Fsp3) is 0.857. The van der Waals surface area contributed by atoms with E-state index in [0.717, 1.165) is 19.3 Å². The molecule has 0 N–H and O–H groups in total. The Labute approximate surface area is 122 Å². The smallest absolute Gasteiger partial charge is 0.344 e. The second-order valence-electron chi connectivity index (χ2n) is 5.73. The van der Waals surface area contributed by atoms with Gasteiger partial charge in [0.25, 0.3) is 0 Å². The van der Waals surface area contributed by atoms with Gasteiger partial charge in [-0.1, -0.05) is 6.42 Å². The lowest BCUT2D eigenvalue weighted by Crippen LogP contribution is -2.84. The molecular weight excluding hydrogens is 280 g/mol. The molecule has 0 amide bonds. The van der Waals surface area contributed by atoms with Gasteiger partial charge in [-0.3, -0.25) is 0 Å². The molecule has 4 rings (SSSR count). The molecule has 118 valence electrons. The topological polar surface area (TPSA) is 80.3 Å². The summed E-state index contributed by atoms with van der Waals surface area (Å²) >= 11 is 0. The number of carbonyl (C=O) groups is 2. The number of methoxy groups -OCH3 is 4. The Bertz CT molecular complexity index is 448. The summed E-state index contributed by atoms with van der Waals surface area (Å²) in [6.45, 7) is 0. The second-order valence-corrected chi connectivity index (χ2v) is 5.73. The molecule has 2 heterocycles. The van der Waals surface area contributed by atoms with Crippen molar-refractivity contribution < 1.29 is 33.3 Å². The Morgan fingerprint density at radius 3 is 1.67 bits per heavy atom. The van der Waals surface area contributed by atoms with E-state index in [1.165, 1.54) is 28.4 Å². The van der Waals surface area contributed by atoms with Gasteiger partial charge in [0.05, 0.1) is 14.2 Å². The van der Waals surface area contributed by atoms with Crippen molar-refractivity contribution in [3.05, 3.63) is 0 Å². The molecule has 4 aliphatic rings. The van der Waals surface area contributed by atoms with Crippen molar-refractivity contribution in [2.45, 2.75) is 36.3 Å². The first-order valence-corrected chi connectivity index (χ1v) is 6.99. The summed E-state index contributed by atoms with van der Waals surface area (Å²) in [5.41, 5.74) is -2.80. The lowest BCUT2D eigenvalue weighted by molar-refractivity contribution is -0.446. The summed E-state index contributed by atoms with van der Waals surface area (Å²) < 4.78 is 26.8. The van der Waals surface area contributed by atoms with Crippen molar-refractivity contribution in [1.29, 1.82) is 0 Å². The molecular formula is C14H20O7. The van der Waals surface area contributed by atoms with Crippen LogP contribution in [0.1, 0.15) is 19.3 Å². The molecule has 0 aromatic rings. The summed E-state index contributed by atoms with van der Waals surface area (Å²) in [7, 11) is 5.39. The maximum atomic E-state index is 12.4. The number of carbonyl (C=O) groups excluding carboxylic acids is 2. The van der Waals surface area contributed by atoms with Crippen molar-refractivity contribution >= 4 is 11.9 Å². The van der Waals surface area contributed by atoms with E-state index in [1.807, 2.05) is 0 Å². The fourth-order valence-corrected chi connectivity index (χ4v) is 4.84. The van der Waals surface area contributed by atoms with E-state index in [1.54, 1.807) is 0 Å². The zero-order valence-electron chi connectivity index (χ0n) is 12.6. The molecule has 2 aliphatic heterocycles. The van der Waals surface area contributed by atoms with E-state index in [9.17, 15) is 9.59 Å². The van der Waals surface area contributed by atoms with E-state index in [4.69, 9.17) is 23.7 Å². The average Bonchev–Trinajstić information content (AvgIpc) is 3.11. The monoisotopic (exact) mass is 300 g/mol. The van der Waals surface area contributed by atoms with Crippen molar-refractivity contribution in [3.8, 4) is 0 Å². The summed E-state index contributed by atoms with van der Waals surface area (Å²) in [5, 5.41) is 0. The van der Waals surface area contributed by atoms with Gasteiger partial charge in [0.1, 0.15) is 0 Å². The van der Waals surface area contributed by atoms with E-state index < -0.39 is 28.9 Å². The zero-order valence-corrected chi connectivity index (χ0v) is 12.6. The van der Waals surface area contributed by atoms with Crippen LogP contribution >= 0.6 is 0 Å². The second kappa shape index (κ2) is 4.41. The predicted molar refractivity (Wildman–Crippen MR) is 68.2 cm³/mol. The third-order valence-electron chi connectivity index (χ3n) is 5.41. The highest BCUT2D eigenvalue weighted by Crippen LogP contribution is 2.73. The molecule has 0 spiro atoms. The molecule has 4 atom stereocenters. The minimum absolute atomic E-state index is 0.177. The van der Waals surface area contributed by atoms with Gasteiger partial charge in [-0.2, -0.15) is 0 Å². The molecule has 4 fully saturated rings. The molecule has 2 saturated carbocycles. The standard InChI is InChI=1S/C14H20O7/c1-17-10(15)12-8-6-5-7-9(8)13(21-12,11(16)18-2)14(12,19-3)20-4/h8-9H,5-7H2,1-4H3/t8-,9+,12+,13-. The van der Waals surface area contributed by atoms with Gasteiger partial charge >= 0.3 is 11.9 Å². The van der Waals surface area contributed by atoms with Crippen LogP contribution in [0.3, 0.4) is 0 Å². The van der Waals surface area contributed by atoms with Crippen LogP contribution in [-0.4, -0.2) is 57.4 Å². The van der Waals surface area contributed by atoms with Crippen molar-refractivity contribution in [2.75, 3.05) is 28.4 Å². The van der Waals surface area contributed by atoms with Gasteiger partial charge in [-0.25, -0.2) is 9.59 Å². The maximum absolute atomic E-state index is 12.4. The van der Waals surface area contributed by atoms with E-state index in [2.05, 4.69) is 0 Å². The largest absolute Gasteiger partial charge is 0.467 e. The number of esters is 2. The first-order chi connectivity index (χ1) is 10.0. The third-order valence-corrected chi connectivity index (χ3v) is 5.41. The zero-order chi connectivity index (χ0) is 15.5. The van der Waals surface area contributed by atoms with Gasteiger partial charge in [-0.05, 0) is 12.8 Å². The fourth-order valence-electron chi connectivity index (χ4n) is 4.84. The van der Waals surface area contributed by atoms with Gasteiger partial charge in [0.15, 0.2) is 0 Å². The Hall–Kier alpha value is -1.18. The highest BCUT2D eigenvalue weighted by atomic mass is 16.8. The van der Waals surface area contributed by atoms with Crippen molar-refractivity contribution in [3.63, 3.8) is 0 Å². The molecule has 2 bridgehead atoms. The number of rotatable bonds is 4. The predicted octanol–water partition coefficient (Wildman–Crippen LogP) is 0.259. The van der Waals surface area contributed by atoms with Gasteiger partial charge in [0, 0.05) is 26.1 Å². The number of ether oxygens (including phenoxy) is 5. The molecule has 2 aliphatic carbocycles. The highest BCUT2D eigenvalue weighted by molar-refractivity contribution is 5.94. The van der Waals surface area contributed by atoms with E-state index in [0.29, 0.717) is 0 Å². The summed E-state index contributed by atoms with van der Waals surface area (Å²) in [6, 6.07) is 0. The third kappa shape index (κ3) is 1.19. The lowest BCUT2D eigenvalue weighted by atomic mass is 9.75. The molecule has 0 aromatic carbocycles. The Morgan fingerprint density at radius 2 is 1.33 bits per heavy atom. The van der Waals surface area contributed by atoms with E-state index >= 15 is 0 Å². The van der Waals surface area contributed by atoms with E-state index in [-0.39, 0.29) is 11.8 Å². The van der Waals surface area contributed by atoms with Crippen LogP contribution in [-0.2, 0) is 33.3 Å². The minimum Gasteiger partial charge on any atom is -0.467 e. The van der Waals surface area contributed by atoms with Crippen LogP contribution < -0.4 is 0 Å². The van der Waals surface area contributed by atoms with Crippen LogP contribution in [0.4, 0.5) is 0 Å². The van der Waals surface area contributed by atoms with Crippen LogP contribution in [0.15, 0.2) is 0 Å². The van der Waals surface area contributed by atoms with Crippen LogP contribution in [0, 0.1) is 11.8 Å². The maximum Gasteiger partial charge on any atom is 0.344 e. The van der Waals surface area contributed by atoms with Gasteiger partial charge in [0.2, 0.25) is 17.0 Å². The first kappa shape index (κ1) is 14.7. The molecule has 0 unspecified atom stereocenters. The SMILES string of the molecule is COC(=O)[C@@]12O[C@@](C(=O)OC)([C@H]3CCC[C@H]31)C2(OC)OC. The molecule has 21 heavy (non-hydrogen) atoms. The Morgan fingerprint density at radius 1 is 0.905 bits per heavy atom. The number of hydrogen-bond donors (Lipinski definition) is 0.